The van der Waals surface area contributed by atoms with Gasteiger partial charge in [0.25, 0.3) is 11.8 Å². The van der Waals surface area contributed by atoms with Gasteiger partial charge in [0.1, 0.15) is 17.6 Å². The van der Waals surface area contributed by atoms with Crippen LogP contribution >= 0.6 is 0 Å². The van der Waals surface area contributed by atoms with Gasteiger partial charge in [0.05, 0.1) is 5.56 Å². The van der Waals surface area contributed by atoms with Gasteiger partial charge in [0.15, 0.2) is 0 Å². The van der Waals surface area contributed by atoms with Crippen LogP contribution in [-0.2, 0) is 4.79 Å². The summed E-state index contributed by atoms with van der Waals surface area (Å²) in [5.74, 6) is -2.23. The second-order valence-corrected chi connectivity index (χ2v) is 8.32. The molecule has 3 rings (SSSR count). The summed E-state index contributed by atoms with van der Waals surface area (Å²) < 4.78 is 19.4. The van der Waals surface area contributed by atoms with E-state index < -0.39 is 23.7 Å². The van der Waals surface area contributed by atoms with E-state index in [1.54, 1.807) is 63.4 Å². The molecule has 0 radical (unpaired) electrons. The van der Waals surface area contributed by atoms with Gasteiger partial charge in [-0.3, -0.25) is 9.59 Å². The van der Waals surface area contributed by atoms with Crippen LogP contribution in [0, 0.1) is 18.7 Å². The predicted molar refractivity (Wildman–Crippen MR) is 128 cm³/mol. The Morgan fingerprint density at radius 3 is 2.12 bits per heavy atom. The standard InChI is InChI=1S/C27H27FN2O4/c1-17(2)24(29-25(31)22-7-5-6-8-23(22)28)27(33)34-21-15-13-20(14-16-21)30(4)26(32)19-11-9-18(3)10-12-19/h5-17,24H,1-4H3,(H,29,31)/t24-/m0/s1. The number of amides is 2. The Bertz CT molecular complexity index is 1170. The number of benzene rings is 3. The molecule has 0 aromatic heterocycles. The van der Waals surface area contributed by atoms with Gasteiger partial charge in [-0.15, -0.1) is 0 Å². The quantitative estimate of drug-likeness (QED) is 0.405. The van der Waals surface area contributed by atoms with Crippen molar-refractivity contribution in [3.05, 3.63) is 95.3 Å². The van der Waals surface area contributed by atoms with Crippen molar-refractivity contribution < 1.29 is 23.5 Å². The number of carbonyl (C=O) groups excluding carboxylic acids is 3. The van der Waals surface area contributed by atoms with E-state index in [-0.39, 0.29) is 23.1 Å². The molecule has 0 aliphatic heterocycles. The topological polar surface area (TPSA) is 75.7 Å². The molecule has 0 aliphatic rings. The molecule has 7 heteroatoms. The third-order valence-corrected chi connectivity index (χ3v) is 5.37. The molecule has 0 heterocycles. The summed E-state index contributed by atoms with van der Waals surface area (Å²) in [6, 6.07) is 18.3. The van der Waals surface area contributed by atoms with Crippen LogP contribution in [-0.4, -0.2) is 30.9 Å². The minimum Gasteiger partial charge on any atom is -0.425 e. The zero-order chi connectivity index (χ0) is 24.8. The first-order chi connectivity index (χ1) is 16.2. The fraction of sp³-hybridized carbons (Fsp3) is 0.222. The van der Waals surface area contributed by atoms with Gasteiger partial charge in [-0.2, -0.15) is 0 Å². The molecule has 0 saturated carbocycles. The van der Waals surface area contributed by atoms with E-state index >= 15 is 0 Å². The molecule has 3 aromatic carbocycles. The van der Waals surface area contributed by atoms with Crippen LogP contribution < -0.4 is 15.0 Å². The number of hydrogen-bond acceptors (Lipinski definition) is 4. The van der Waals surface area contributed by atoms with Crippen molar-refractivity contribution in [3.8, 4) is 5.75 Å². The van der Waals surface area contributed by atoms with Gasteiger partial charge in [0, 0.05) is 18.3 Å². The Morgan fingerprint density at radius 2 is 1.53 bits per heavy atom. The average Bonchev–Trinajstić information content (AvgIpc) is 2.82. The highest BCUT2D eigenvalue weighted by Gasteiger charge is 2.27. The highest BCUT2D eigenvalue weighted by atomic mass is 19.1. The first-order valence-corrected chi connectivity index (χ1v) is 10.9. The van der Waals surface area contributed by atoms with Crippen molar-refractivity contribution in [2.45, 2.75) is 26.8 Å². The van der Waals surface area contributed by atoms with E-state index in [1.165, 1.54) is 23.1 Å². The minimum atomic E-state index is -0.974. The third kappa shape index (κ3) is 5.86. The number of nitrogens with zero attached hydrogens (tertiary/aromatic N) is 1. The lowest BCUT2D eigenvalue weighted by Gasteiger charge is -2.21. The molecule has 2 amide bonds. The van der Waals surface area contributed by atoms with Crippen LogP contribution in [0.5, 0.6) is 5.75 Å². The van der Waals surface area contributed by atoms with Crippen molar-refractivity contribution in [1.29, 1.82) is 0 Å². The van der Waals surface area contributed by atoms with E-state index in [1.807, 2.05) is 19.1 Å². The largest absolute Gasteiger partial charge is 0.425 e. The van der Waals surface area contributed by atoms with E-state index in [2.05, 4.69) is 5.32 Å². The Hall–Kier alpha value is -4.00. The Morgan fingerprint density at radius 1 is 0.912 bits per heavy atom. The molecular weight excluding hydrogens is 435 g/mol. The van der Waals surface area contributed by atoms with Crippen molar-refractivity contribution in [3.63, 3.8) is 0 Å². The highest BCUT2D eigenvalue weighted by molar-refractivity contribution is 6.05. The third-order valence-electron chi connectivity index (χ3n) is 5.37. The molecule has 0 bridgehead atoms. The molecule has 0 saturated heterocycles. The summed E-state index contributed by atoms with van der Waals surface area (Å²) in [5.41, 5.74) is 2.11. The van der Waals surface area contributed by atoms with E-state index in [4.69, 9.17) is 4.74 Å². The van der Waals surface area contributed by atoms with Gasteiger partial charge in [0.2, 0.25) is 0 Å². The summed E-state index contributed by atoms with van der Waals surface area (Å²) in [6.07, 6.45) is 0. The molecule has 34 heavy (non-hydrogen) atoms. The van der Waals surface area contributed by atoms with E-state index in [0.29, 0.717) is 11.3 Å². The van der Waals surface area contributed by atoms with Gasteiger partial charge in [-0.05, 0) is 61.4 Å². The molecule has 3 aromatic rings. The molecular formula is C27H27FN2O4. The number of rotatable bonds is 7. The van der Waals surface area contributed by atoms with Crippen molar-refractivity contribution in [2.24, 2.45) is 5.92 Å². The summed E-state index contributed by atoms with van der Waals surface area (Å²) in [4.78, 5) is 39.4. The Kier molecular flexibility index (Phi) is 7.79. The maximum atomic E-state index is 13.9. The summed E-state index contributed by atoms with van der Waals surface area (Å²) >= 11 is 0. The highest BCUT2D eigenvalue weighted by Crippen LogP contribution is 2.21. The van der Waals surface area contributed by atoms with E-state index in [0.717, 1.165) is 5.56 Å². The molecule has 6 nitrogen and oxygen atoms in total. The van der Waals surface area contributed by atoms with Crippen molar-refractivity contribution in [2.75, 3.05) is 11.9 Å². The second-order valence-electron chi connectivity index (χ2n) is 8.32. The van der Waals surface area contributed by atoms with Crippen LogP contribution in [0.4, 0.5) is 10.1 Å². The summed E-state index contributed by atoms with van der Waals surface area (Å²) in [7, 11) is 1.66. The van der Waals surface area contributed by atoms with Gasteiger partial charge in [-0.25, -0.2) is 9.18 Å². The van der Waals surface area contributed by atoms with Crippen LogP contribution in [0.25, 0.3) is 0 Å². The Labute approximate surface area is 198 Å². The van der Waals surface area contributed by atoms with Gasteiger partial charge < -0.3 is 15.0 Å². The number of ether oxygens (including phenoxy) is 1. The minimum absolute atomic E-state index is 0.147. The maximum absolute atomic E-state index is 13.9. The zero-order valence-electron chi connectivity index (χ0n) is 19.5. The number of halogens is 1. The number of nitrogens with one attached hydrogen (secondary N) is 1. The van der Waals surface area contributed by atoms with Crippen LogP contribution in [0.2, 0.25) is 0 Å². The molecule has 0 spiro atoms. The van der Waals surface area contributed by atoms with E-state index in [9.17, 15) is 18.8 Å². The molecule has 0 unspecified atom stereocenters. The molecule has 176 valence electrons. The fourth-order valence-corrected chi connectivity index (χ4v) is 3.29. The predicted octanol–water partition coefficient (Wildman–Crippen LogP) is 4.77. The van der Waals surface area contributed by atoms with Crippen LogP contribution in [0.15, 0.2) is 72.8 Å². The average molecular weight is 463 g/mol. The molecule has 1 atom stereocenters. The molecule has 1 N–H and O–H groups in total. The smallest absolute Gasteiger partial charge is 0.334 e. The molecule has 0 aliphatic carbocycles. The SMILES string of the molecule is Cc1ccc(C(=O)N(C)c2ccc(OC(=O)[C@@H](NC(=O)c3ccccc3F)C(C)C)cc2)cc1. The second kappa shape index (κ2) is 10.7. The first-order valence-electron chi connectivity index (χ1n) is 10.9. The number of anilines is 1. The van der Waals surface area contributed by atoms with Gasteiger partial charge >= 0.3 is 5.97 Å². The number of carbonyl (C=O) groups is 3. The lowest BCUT2D eigenvalue weighted by atomic mass is 10.0. The normalized spacial score (nSPS) is 11.6. The summed E-state index contributed by atoms with van der Waals surface area (Å²) in [6.45, 7) is 5.46. The number of aryl methyl sites for hydroxylation is 1. The lowest BCUT2D eigenvalue weighted by Crippen LogP contribution is -2.46. The lowest BCUT2D eigenvalue weighted by molar-refractivity contribution is -0.137. The molecule has 0 fully saturated rings. The number of hydrogen-bond donors (Lipinski definition) is 1. The van der Waals surface area contributed by atoms with Crippen LogP contribution in [0.1, 0.15) is 40.1 Å². The number of esters is 1. The maximum Gasteiger partial charge on any atom is 0.334 e. The summed E-state index contributed by atoms with van der Waals surface area (Å²) in [5, 5.41) is 2.55. The van der Waals surface area contributed by atoms with Gasteiger partial charge in [-0.1, -0.05) is 43.7 Å². The zero-order valence-corrected chi connectivity index (χ0v) is 19.5. The monoisotopic (exact) mass is 462 g/mol. The fourth-order valence-electron chi connectivity index (χ4n) is 3.29. The first kappa shape index (κ1) is 24.6. The van der Waals surface area contributed by atoms with Crippen molar-refractivity contribution in [1.82, 2.24) is 5.32 Å². The van der Waals surface area contributed by atoms with Crippen LogP contribution in [0.3, 0.4) is 0 Å². The van der Waals surface area contributed by atoms with Crippen molar-refractivity contribution >= 4 is 23.5 Å². The Balaban J connectivity index is 1.67.